The normalized spacial score (nSPS) is 12.2. The van der Waals surface area contributed by atoms with Crippen LogP contribution in [0.1, 0.15) is 27.7 Å². The standard InChI is InChI=1S/C22H23BrFN5O5/c1-12(27-21(30)34-22(2,3)4)10-33-19-9-17-14(8-18(19)29(31)32)20(26-11-25-17)28-16-6-5-13(23)7-15(16)24/h5-9,11-12H,10H2,1-4H3,(H,27,30)(H,25,26,28)/t12-/m1/s1. The van der Waals surface area contributed by atoms with Gasteiger partial charge in [0.1, 0.15) is 30.2 Å². The van der Waals surface area contributed by atoms with Crippen LogP contribution in [0.4, 0.5) is 26.4 Å². The Bertz CT molecular complexity index is 1230. The molecule has 3 aromatic rings. The van der Waals surface area contributed by atoms with Crippen LogP contribution < -0.4 is 15.4 Å². The van der Waals surface area contributed by atoms with E-state index in [9.17, 15) is 19.3 Å². The van der Waals surface area contributed by atoms with E-state index in [0.717, 1.165) is 0 Å². The molecule has 2 aromatic carbocycles. The average Bonchev–Trinajstić information content (AvgIpc) is 2.72. The molecule has 0 bridgehead atoms. The van der Waals surface area contributed by atoms with Gasteiger partial charge in [-0.3, -0.25) is 10.1 Å². The highest BCUT2D eigenvalue weighted by Gasteiger charge is 2.22. The van der Waals surface area contributed by atoms with Gasteiger partial charge in [0.25, 0.3) is 0 Å². The number of benzene rings is 2. The minimum atomic E-state index is -0.660. The van der Waals surface area contributed by atoms with E-state index in [0.29, 0.717) is 15.4 Å². The fourth-order valence-electron chi connectivity index (χ4n) is 2.91. The maximum absolute atomic E-state index is 14.3. The van der Waals surface area contributed by atoms with E-state index in [4.69, 9.17) is 9.47 Å². The van der Waals surface area contributed by atoms with E-state index < -0.39 is 28.5 Å². The molecule has 2 N–H and O–H groups in total. The number of nitrogens with zero attached hydrogens (tertiary/aromatic N) is 3. The van der Waals surface area contributed by atoms with Gasteiger partial charge < -0.3 is 20.1 Å². The van der Waals surface area contributed by atoms with Crippen molar-refractivity contribution >= 4 is 50.1 Å². The summed E-state index contributed by atoms with van der Waals surface area (Å²) < 4.78 is 25.6. The average molecular weight is 536 g/mol. The number of ether oxygens (including phenoxy) is 2. The molecule has 0 aliphatic heterocycles. The monoisotopic (exact) mass is 535 g/mol. The molecular formula is C22H23BrFN5O5. The van der Waals surface area contributed by atoms with Crippen LogP contribution in [-0.4, -0.2) is 39.2 Å². The maximum Gasteiger partial charge on any atom is 0.407 e. The number of amides is 1. The summed E-state index contributed by atoms with van der Waals surface area (Å²) in [6.07, 6.45) is 0.629. The van der Waals surface area contributed by atoms with Gasteiger partial charge in [-0.2, -0.15) is 0 Å². The van der Waals surface area contributed by atoms with Crippen molar-refractivity contribution in [2.75, 3.05) is 11.9 Å². The van der Waals surface area contributed by atoms with E-state index in [1.807, 2.05) is 0 Å². The zero-order chi connectivity index (χ0) is 25.0. The summed E-state index contributed by atoms with van der Waals surface area (Å²) in [6.45, 7) is 6.84. The zero-order valence-corrected chi connectivity index (χ0v) is 20.5. The number of nitrogens with one attached hydrogen (secondary N) is 2. The Balaban J connectivity index is 1.84. The van der Waals surface area contributed by atoms with Gasteiger partial charge in [0.05, 0.1) is 27.6 Å². The van der Waals surface area contributed by atoms with Gasteiger partial charge in [0.2, 0.25) is 0 Å². The van der Waals surface area contributed by atoms with Gasteiger partial charge in [0, 0.05) is 16.6 Å². The summed E-state index contributed by atoms with van der Waals surface area (Å²) in [5, 5.41) is 17.5. The number of fused-ring (bicyclic) bond motifs is 1. The third kappa shape index (κ3) is 6.50. The van der Waals surface area contributed by atoms with E-state index in [2.05, 4.69) is 36.5 Å². The Morgan fingerprint density at radius 1 is 1.26 bits per heavy atom. The van der Waals surface area contributed by atoms with Crippen LogP contribution in [-0.2, 0) is 4.74 Å². The Morgan fingerprint density at radius 3 is 2.65 bits per heavy atom. The number of carbonyl (C=O) groups excluding carboxylic acids is 1. The largest absolute Gasteiger partial charge is 0.485 e. The zero-order valence-electron chi connectivity index (χ0n) is 18.9. The lowest BCUT2D eigenvalue weighted by Gasteiger charge is -2.22. The van der Waals surface area contributed by atoms with Crippen molar-refractivity contribution in [3.63, 3.8) is 0 Å². The molecule has 0 aliphatic carbocycles. The first-order chi connectivity index (χ1) is 15.9. The first kappa shape index (κ1) is 25.1. The molecule has 180 valence electrons. The van der Waals surface area contributed by atoms with Crippen LogP contribution in [0.3, 0.4) is 0 Å². The molecule has 0 saturated heterocycles. The van der Waals surface area contributed by atoms with Gasteiger partial charge >= 0.3 is 11.8 Å². The summed E-state index contributed by atoms with van der Waals surface area (Å²) in [7, 11) is 0. The fourth-order valence-corrected chi connectivity index (χ4v) is 3.25. The van der Waals surface area contributed by atoms with Crippen LogP contribution in [0.5, 0.6) is 5.75 Å². The number of hydrogen-bond donors (Lipinski definition) is 2. The van der Waals surface area contributed by atoms with Gasteiger partial charge in [-0.05, 0) is 45.9 Å². The number of nitro benzene ring substituents is 1. The lowest BCUT2D eigenvalue weighted by molar-refractivity contribution is -0.385. The number of halogens is 2. The number of anilines is 2. The molecule has 1 aromatic heterocycles. The van der Waals surface area contributed by atoms with Crippen LogP contribution in [0, 0.1) is 15.9 Å². The van der Waals surface area contributed by atoms with Crippen LogP contribution >= 0.6 is 15.9 Å². The predicted molar refractivity (Wildman–Crippen MR) is 128 cm³/mol. The fraction of sp³-hybridized carbons (Fsp3) is 0.318. The van der Waals surface area contributed by atoms with Crippen molar-refractivity contribution in [2.45, 2.75) is 39.3 Å². The SMILES string of the molecule is C[C@H](COc1cc2ncnc(Nc3ccc(Br)cc3F)c2cc1[N+](=O)[O-])NC(=O)OC(C)(C)C. The molecule has 0 unspecified atom stereocenters. The van der Waals surface area contributed by atoms with E-state index in [-0.39, 0.29) is 29.5 Å². The molecule has 1 atom stereocenters. The van der Waals surface area contributed by atoms with Gasteiger partial charge in [-0.15, -0.1) is 0 Å². The van der Waals surface area contributed by atoms with Crippen molar-refractivity contribution in [3.8, 4) is 5.75 Å². The van der Waals surface area contributed by atoms with E-state index >= 15 is 0 Å². The number of rotatable bonds is 7. The summed E-state index contributed by atoms with van der Waals surface area (Å²) in [4.78, 5) is 31.3. The highest BCUT2D eigenvalue weighted by Crippen LogP contribution is 2.35. The molecule has 0 saturated carbocycles. The number of alkyl carbamates (subject to hydrolysis) is 1. The van der Waals surface area contributed by atoms with Crippen LogP contribution in [0.2, 0.25) is 0 Å². The smallest absolute Gasteiger partial charge is 0.407 e. The van der Waals surface area contributed by atoms with Crippen molar-refractivity contribution in [1.29, 1.82) is 0 Å². The Labute approximate surface area is 203 Å². The number of nitro groups is 1. The van der Waals surface area contributed by atoms with E-state index in [1.54, 1.807) is 33.8 Å². The van der Waals surface area contributed by atoms with Crippen LogP contribution in [0.15, 0.2) is 41.1 Å². The van der Waals surface area contributed by atoms with Gasteiger partial charge in [-0.1, -0.05) is 15.9 Å². The molecule has 10 nitrogen and oxygen atoms in total. The molecule has 12 heteroatoms. The lowest BCUT2D eigenvalue weighted by atomic mass is 10.2. The summed E-state index contributed by atoms with van der Waals surface area (Å²) >= 11 is 3.19. The van der Waals surface area contributed by atoms with Crippen molar-refractivity contribution in [1.82, 2.24) is 15.3 Å². The minimum absolute atomic E-state index is 0.0326. The van der Waals surface area contributed by atoms with Crippen molar-refractivity contribution in [2.24, 2.45) is 0 Å². The molecule has 0 fully saturated rings. The highest BCUT2D eigenvalue weighted by molar-refractivity contribution is 9.10. The minimum Gasteiger partial charge on any atom is -0.485 e. The quantitative estimate of drug-likeness (QED) is 0.300. The number of carbonyl (C=O) groups is 1. The van der Waals surface area contributed by atoms with E-state index in [1.165, 1.54) is 30.6 Å². The molecule has 0 radical (unpaired) electrons. The Hall–Kier alpha value is -3.54. The highest BCUT2D eigenvalue weighted by atomic mass is 79.9. The Morgan fingerprint density at radius 2 is 2.00 bits per heavy atom. The molecule has 3 rings (SSSR count). The predicted octanol–water partition coefficient (Wildman–Crippen LogP) is 5.48. The molecule has 34 heavy (non-hydrogen) atoms. The third-order valence-corrected chi connectivity index (χ3v) is 4.84. The molecular weight excluding hydrogens is 513 g/mol. The molecule has 0 spiro atoms. The number of aromatic nitrogens is 2. The summed E-state index contributed by atoms with van der Waals surface area (Å²) in [6, 6.07) is 6.61. The van der Waals surface area contributed by atoms with Crippen LogP contribution in [0.25, 0.3) is 10.9 Å². The number of hydrogen-bond acceptors (Lipinski definition) is 8. The maximum atomic E-state index is 14.3. The lowest BCUT2D eigenvalue weighted by Crippen LogP contribution is -2.40. The summed E-state index contributed by atoms with van der Waals surface area (Å²) in [5.41, 5.74) is -0.491. The first-order valence-electron chi connectivity index (χ1n) is 10.2. The van der Waals surface area contributed by atoms with Gasteiger partial charge in [-0.25, -0.2) is 19.2 Å². The summed E-state index contributed by atoms with van der Waals surface area (Å²) in [5.74, 6) is -0.363. The Kier molecular flexibility index (Phi) is 7.50. The van der Waals surface area contributed by atoms with Crippen molar-refractivity contribution < 1.29 is 23.6 Å². The second kappa shape index (κ2) is 10.2. The second-order valence-corrected chi connectivity index (χ2v) is 9.34. The van der Waals surface area contributed by atoms with Crippen molar-refractivity contribution in [3.05, 3.63) is 57.1 Å². The molecule has 1 amide bonds. The third-order valence-electron chi connectivity index (χ3n) is 4.35. The second-order valence-electron chi connectivity index (χ2n) is 8.42. The molecule has 1 heterocycles. The van der Waals surface area contributed by atoms with Gasteiger partial charge in [0.15, 0.2) is 5.75 Å². The molecule has 0 aliphatic rings. The topological polar surface area (TPSA) is 129 Å². The first-order valence-corrected chi connectivity index (χ1v) is 11.0.